The lowest BCUT2D eigenvalue weighted by Crippen LogP contribution is -2.12. The molecular weight excluding hydrogens is 330 g/mol. The average molecular weight is 348 g/mol. The van der Waals surface area contributed by atoms with Gasteiger partial charge in [-0.15, -0.1) is 11.8 Å². The van der Waals surface area contributed by atoms with Crippen LogP contribution in [0.2, 0.25) is 5.02 Å². The van der Waals surface area contributed by atoms with E-state index in [1.165, 1.54) is 0 Å². The Labute approximate surface area is 145 Å². The summed E-state index contributed by atoms with van der Waals surface area (Å²) in [6, 6.07) is 14.9. The van der Waals surface area contributed by atoms with E-state index in [0.29, 0.717) is 29.6 Å². The van der Waals surface area contributed by atoms with Gasteiger partial charge in [-0.05, 0) is 36.4 Å². The molecule has 0 radical (unpaired) electrons. The maximum atomic E-state index is 12.0. The van der Waals surface area contributed by atoms with Crippen molar-refractivity contribution in [3.05, 3.63) is 66.2 Å². The van der Waals surface area contributed by atoms with Crippen LogP contribution < -0.4 is 10.1 Å². The van der Waals surface area contributed by atoms with Gasteiger partial charge in [-0.1, -0.05) is 30.3 Å². The second-order valence-corrected chi connectivity index (χ2v) is 6.33. The summed E-state index contributed by atoms with van der Waals surface area (Å²) in [5.41, 5.74) is 0.730. The summed E-state index contributed by atoms with van der Waals surface area (Å²) >= 11 is 7.47. The largest absolute Gasteiger partial charge is 0.489 e. The van der Waals surface area contributed by atoms with Crippen molar-refractivity contribution in [3.63, 3.8) is 0 Å². The summed E-state index contributed by atoms with van der Waals surface area (Å²) in [7, 11) is 0. The molecule has 23 heavy (non-hydrogen) atoms. The number of carbonyl (C=O) groups excluding carboxylic acids is 1. The highest BCUT2D eigenvalue weighted by Gasteiger charge is 2.04. The number of halogens is 1. The lowest BCUT2D eigenvalue weighted by molar-refractivity contribution is -0.115. The molecule has 1 amide bonds. The molecule has 5 heteroatoms. The van der Waals surface area contributed by atoms with Crippen LogP contribution in [-0.2, 0) is 4.79 Å². The van der Waals surface area contributed by atoms with E-state index in [4.69, 9.17) is 16.3 Å². The number of nitrogens with one attached hydrogen (secondary N) is 1. The fourth-order valence-corrected chi connectivity index (χ4v) is 2.81. The second kappa shape index (κ2) is 9.28. The Hall–Kier alpha value is -1.91. The third-order valence-electron chi connectivity index (χ3n) is 2.90. The molecular formula is C18H18ClNO2S. The van der Waals surface area contributed by atoms with Gasteiger partial charge in [0.2, 0.25) is 5.91 Å². The van der Waals surface area contributed by atoms with Crippen LogP contribution in [0.1, 0.15) is 6.42 Å². The molecule has 0 atom stereocenters. The van der Waals surface area contributed by atoms with Crippen molar-refractivity contribution in [3.8, 4) is 5.75 Å². The molecule has 1 N–H and O–H groups in total. The van der Waals surface area contributed by atoms with Gasteiger partial charge in [-0.3, -0.25) is 4.79 Å². The molecule has 0 aliphatic heterocycles. The van der Waals surface area contributed by atoms with Crippen LogP contribution in [0.15, 0.2) is 66.1 Å². The standard InChI is InChI=1S/C18H18ClNO2S/c1-2-11-22-16-5-3-4-15(13-16)20-18(21)10-12-23-17-8-6-14(19)7-9-17/h2-9,13H,1,10-12H2,(H,20,21). The van der Waals surface area contributed by atoms with Crippen LogP contribution in [0.4, 0.5) is 5.69 Å². The van der Waals surface area contributed by atoms with Gasteiger partial charge in [0.25, 0.3) is 0 Å². The third-order valence-corrected chi connectivity index (χ3v) is 4.16. The SMILES string of the molecule is C=CCOc1cccc(NC(=O)CCSc2ccc(Cl)cc2)c1. The highest BCUT2D eigenvalue weighted by molar-refractivity contribution is 7.99. The van der Waals surface area contributed by atoms with Crippen LogP contribution in [0.5, 0.6) is 5.75 Å². The van der Waals surface area contributed by atoms with Crippen molar-refractivity contribution in [2.24, 2.45) is 0 Å². The summed E-state index contributed by atoms with van der Waals surface area (Å²) in [4.78, 5) is 13.1. The van der Waals surface area contributed by atoms with Crippen molar-refractivity contribution < 1.29 is 9.53 Å². The molecule has 0 saturated carbocycles. The number of anilines is 1. The summed E-state index contributed by atoms with van der Waals surface area (Å²) in [6.07, 6.45) is 2.12. The smallest absolute Gasteiger partial charge is 0.225 e. The molecule has 120 valence electrons. The van der Waals surface area contributed by atoms with E-state index in [-0.39, 0.29) is 5.91 Å². The average Bonchev–Trinajstić information content (AvgIpc) is 2.55. The van der Waals surface area contributed by atoms with Gasteiger partial charge in [0, 0.05) is 33.8 Å². The van der Waals surface area contributed by atoms with Gasteiger partial charge >= 0.3 is 0 Å². The maximum absolute atomic E-state index is 12.0. The molecule has 2 rings (SSSR count). The number of benzene rings is 2. The fourth-order valence-electron chi connectivity index (χ4n) is 1.83. The van der Waals surface area contributed by atoms with Crippen LogP contribution >= 0.6 is 23.4 Å². The Balaban J connectivity index is 1.78. The molecule has 0 heterocycles. The number of rotatable bonds is 8. The Kier molecular flexibility index (Phi) is 7.04. The van der Waals surface area contributed by atoms with Crippen LogP contribution in [-0.4, -0.2) is 18.3 Å². The predicted molar refractivity (Wildman–Crippen MR) is 97.6 cm³/mol. The first-order valence-electron chi connectivity index (χ1n) is 7.19. The number of amides is 1. The Morgan fingerprint density at radius 2 is 2.04 bits per heavy atom. The highest BCUT2D eigenvalue weighted by Crippen LogP contribution is 2.22. The number of ether oxygens (including phenoxy) is 1. The van der Waals surface area contributed by atoms with E-state index < -0.39 is 0 Å². The zero-order valence-electron chi connectivity index (χ0n) is 12.6. The van der Waals surface area contributed by atoms with E-state index in [2.05, 4.69) is 11.9 Å². The maximum Gasteiger partial charge on any atom is 0.225 e. The molecule has 0 spiro atoms. The van der Waals surface area contributed by atoms with E-state index in [1.807, 2.05) is 42.5 Å². The van der Waals surface area contributed by atoms with E-state index >= 15 is 0 Å². The minimum Gasteiger partial charge on any atom is -0.489 e. The van der Waals surface area contributed by atoms with E-state index in [0.717, 1.165) is 10.6 Å². The van der Waals surface area contributed by atoms with Crippen molar-refractivity contribution in [1.29, 1.82) is 0 Å². The van der Waals surface area contributed by atoms with Crippen molar-refractivity contribution in [2.45, 2.75) is 11.3 Å². The van der Waals surface area contributed by atoms with E-state index in [9.17, 15) is 4.79 Å². The zero-order chi connectivity index (χ0) is 16.5. The molecule has 0 unspecified atom stereocenters. The van der Waals surface area contributed by atoms with E-state index in [1.54, 1.807) is 23.9 Å². The second-order valence-electron chi connectivity index (χ2n) is 4.73. The highest BCUT2D eigenvalue weighted by atomic mass is 35.5. The first kappa shape index (κ1) is 17.4. The van der Waals surface area contributed by atoms with Crippen LogP contribution in [0, 0.1) is 0 Å². The summed E-state index contributed by atoms with van der Waals surface area (Å²) < 4.78 is 5.44. The first-order chi connectivity index (χ1) is 11.2. The normalized spacial score (nSPS) is 10.1. The first-order valence-corrected chi connectivity index (χ1v) is 8.56. The Bertz CT molecular complexity index is 658. The number of carbonyl (C=O) groups is 1. The molecule has 0 aliphatic rings. The molecule has 2 aromatic rings. The van der Waals surface area contributed by atoms with Gasteiger partial charge in [0.1, 0.15) is 12.4 Å². The third kappa shape index (κ3) is 6.38. The molecule has 0 fully saturated rings. The number of hydrogen-bond acceptors (Lipinski definition) is 3. The predicted octanol–water partition coefficient (Wildman–Crippen LogP) is 5.03. The molecule has 2 aromatic carbocycles. The minimum atomic E-state index is -0.0210. The van der Waals surface area contributed by atoms with Crippen LogP contribution in [0.3, 0.4) is 0 Å². The molecule has 0 aromatic heterocycles. The summed E-state index contributed by atoms with van der Waals surface area (Å²) in [5, 5.41) is 3.59. The Morgan fingerprint density at radius 1 is 1.26 bits per heavy atom. The lowest BCUT2D eigenvalue weighted by atomic mass is 10.3. The number of hydrogen-bond donors (Lipinski definition) is 1. The van der Waals surface area contributed by atoms with Gasteiger partial charge in [-0.25, -0.2) is 0 Å². The summed E-state index contributed by atoms with van der Waals surface area (Å²) in [6.45, 7) is 4.05. The van der Waals surface area contributed by atoms with Gasteiger partial charge in [0.05, 0.1) is 0 Å². The fraction of sp³-hybridized carbons (Fsp3) is 0.167. The molecule has 3 nitrogen and oxygen atoms in total. The Morgan fingerprint density at radius 3 is 2.78 bits per heavy atom. The number of thioether (sulfide) groups is 1. The van der Waals surface area contributed by atoms with Crippen molar-refractivity contribution >= 4 is 35.0 Å². The van der Waals surface area contributed by atoms with Gasteiger partial charge < -0.3 is 10.1 Å². The topological polar surface area (TPSA) is 38.3 Å². The van der Waals surface area contributed by atoms with Gasteiger partial charge in [0.15, 0.2) is 0 Å². The molecule has 0 aliphatic carbocycles. The summed E-state index contributed by atoms with van der Waals surface area (Å²) in [5.74, 6) is 1.39. The van der Waals surface area contributed by atoms with Gasteiger partial charge in [-0.2, -0.15) is 0 Å². The molecule has 0 bridgehead atoms. The lowest BCUT2D eigenvalue weighted by Gasteiger charge is -2.08. The van der Waals surface area contributed by atoms with Crippen molar-refractivity contribution in [1.82, 2.24) is 0 Å². The van der Waals surface area contributed by atoms with Crippen LogP contribution in [0.25, 0.3) is 0 Å². The quantitative estimate of drug-likeness (QED) is 0.538. The monoisotopic (exact) mass is 347 g/mol. The zero-order valence-corrected chi connectivity index (χ0v) is 14.2. The minimum absolute atomic E-state index is 0.0210. The van der Waals surface area contributed by atoms with Crippen molar-refractivity contribution in [2.75, 3.05) is 17.7 Å². The molecule has 0 saturated heterocycles.